The fourth-order valence-corrected chi connectivity index (χ4v) is 0.742. The van der Waals surface area contributed by atoms with Crippen molar-refractivity contribution < 1.29 is 101 Å². The summed E-state index contributed by atoms with van der Waals surface area (Å²) in [5.74, 6) is -2.67. The van der Waals surface area contributed by atoms with Crippen molar-refractivity contribution in [1.82, 2.24) is 0 Å². The number of carbonyl (C=O) groups is 2. The minimum absolute atomic E-state index is 0. The van der Waals surface area contributed by atoms with E-state index >= 15 is 0 Å². The Hall–Kier alpha value is 0.796. The number of hydrogen-bond acceptors (Lipinski definition) is 4. The van der Waals surface area contributed by atoms with Gasteiger partial charge in [-0.05, 0) is 11.1 Å². The number of hydrogen-bond donors (Lipinski definition) is 0. The zero-order chi connectivity index (χ0) is 9.14. The van der Waals surface area contributed by atoms with Gasteiger partial charge in [0.25, 0.3) is 0 Å². The van der Waals surface area contributed by atoms with Crippen molar-refractivity contribution >= 4 is 11.9 Å². The standard InChI is InChI=1S/C8H6O4.K.Na/c9-7(10)5-1-2-6(4-3-5)8(11)12;;/h1-4H,(H,9,10)(H,11,12);;/q;2*+1/p-2. The molecule has 1 aromatic carbocycles. The molecule has 14 heavy (non-hydrogen) atoms. The first-order valence-corrected chi connectivity index (χ1v) is 3.14. The number of aromatic carboxylic acids is 2. The van der Waals surface area contributed by atoms with E-state index in [4.69, 9.17) is 0 Å². The van der Waals surface area contributed by atoms with Gasteiger partial charge in [-0.2, -0.15) is 0 Å². The Labute approximate surface area is 145 Å². The molecule has 0 aliphatic heterocycles. The van der Waals surface area contributed by atoms with Crippen molar-refractivity contribution in [2.75, 3.05) is 0 Å². The molecule has 0 aliphatic rings. The Kier molecular flexibility index (Phi) is 9.84. The van der Waals surface area contributed by atoms with Crippen molar-refractivity contribution in [3.05, 3.63) is 35.4 Å². The molecule has 1 rings (SSSR count). The number of benzene rings is 1. The number of carboxylic acids is 2. The molecule has 0 N–H and O–H groups in total. The van der Waals surface area contributed by atoms with E-state index in [1.54, 1.807) is 0 Å². The van der Waals surface area contributed by atoms with Gasteiger partial charge in [0.15, 0.2) is 0 Å². The monoisotopic (exact) mass is 226 g/mol. The van der Waals surface area contributed by atoms with Crippen LogP contribution in [-0.2, 0) is 0 Å². The second-order valence-electron chi connectivity index (χ2n) is 2.15. The second kappa shape index (κ2) is 8.01. The molecule has 0 fully saturated rings. The summed E-state index contributed by atoms with van der Waals surface area (Å²) in [7, 11) is 0. The van der Waals surface area contributed by atoms with Crippen molar-refractivity contribution in [3.8, 4) is 0 Å². The molecule has 62 valence electrons. The molecule has 0 saturated carbocycles. The molecular formula is C8H4KNaO4. The molecule has 0 saturated heterocycles. The van der Waals surface area contributed by atoms with Crippen LogP contribution in [0.5, 0.6) is 0 Å². The van der Waals surface area contributed by atoms with Gasteiger partial charge in [-0.25, -0.2) is 0 Å². The van der Waals surface area contributed by atoms with Gasteiger partial charge < -0.3 is 19.8 Å². The first-order valence-electron chi connectivity index (χ1n) is 3.14. The van der Waals surface area contributed by atoms with Crippen molar-refractivity contribution in [3.63, 3.8) is 0 Å². The van der Waals surface area contributed by atoms with E-state index in [-0.39, 0.29) is 92.1 Å². The zero-order valence-corrected chi connectivity index (χ0v) is 13.1. The van der Waals surface area contributed by atoms with Crippen LogP contribution in [0.4, 0.5) is 0 Å². The molecule has 0 amide bonds. The van der Waals surface area contributed by atoms with Gasteiger partial charge in [-0.3, -0.25) is 0 Å². The molecular weight excluding hydrogens is 222 g/mol. The molecule has 1 aromatic rings. The van der Waals surface area contributed by atoms with Gasteiger partial charge in [-0.1, -0.05) is 24.3 Å². The molecule has 0 spiro atoms. The van der Waals surface area contributed by atoms with Crippen molar-refractivity contribution in [1.29, 1.82) is 0 Å². The Morgan fingerprint density at radius 3 is 1.21 bits per heavy atom. The third-order valence-corrected chi connectivity index (χ3v) is 1.36. The summed E-state index contributed by atoms with van der Waals surface area (Å²) < 4.78 is 0. The smallest absolute Gasteiger partial charge is 0.545 e. The fourth-order valence-electron chi connectivity index (χ4n) is 0.742. The molecule has 0 aliphatic carbocycles. The zero-order valence-electron chi connectivity index (χ0n) is 7.94. The molecule has 0 heterocycles. The van der Waals surface area contributed by atoms with Crippen LogP contribution in [0, 0.1) is 0 Å². The van der Waals surface area contributed by atoms with E-state index in [1.807, 2.05) is 0 Å². The summed E-state index contributed by atoms with van der Waals surface area (Å²) in [6.45, 7) is 0. The van der Waals surface area contributed by atoms with Crippen LogP contribution in [0.15, 0.2) is 24.3 Å². The van der Waals surface area contributed by atoms with Crippen LogP contribution < -0.4 is 91.2 Å². The molecule has 4 nitrogen and oxygen atoms in total. The summed E-state index contributed by atoms with van der Waals surface area (Å²) in [6.07, 6.45) is 0. The maximum atomic E-state index is 10.2. The van der Waals surface area contributed by atoms with Gasteiger partial charge in [-0.15, -0.1) is 0 Å². The van der Waals surface area contributed by atoms with E-state index in [9.17, 15) is 19.8 Å². The third-order valence-electron chi connectivity index (χ3n) is 1.36. The minimum Gasteiger partial charge on any atom is -0.545 e. The Balaban J connectivity index is 0. The van der Waals surface area contributed by atoms with Crippen LogP contribution in [0.2, 0.25) is 0 Å². The fraction of sp³-hybridized carbons (Fsp3) is 0. The Morgan fingerprint density at radius 1 is 0.857 bits per heavy atom. The van der Waals surface area contributed by atoms with Crippen LogP contribution in [0.25, 0.3) is 0 Å². The van der Waals surface area contributed by atoms with Gasteiger partial charge in [0.2, 0.25) is 0 Å². The SMILES string of the molecule is O=C([O-])c1ccc(C(=O)[O-])cc1.[K+].[Na+]. The van der Waals surface area contributed by atoms with Gasteiger partial charge in [0.1, 0.15) is 0 Å². The quantitative estimate of drug-likeness (QED) is 0.469. The number of carboxylic acid groups (broad SMARTS) is 2. The van der Waals surface area contributed by atoms with Crippen LogP contribution in [0.1, 0.15) is 20.7 Å². The predicted octanol–water partition coefficient (Wildman–Crippen LogP) is -7.58. The third kappa shape index (κ3) is 5.04. The van der Waals surface area contributed by atoms with Crippen molar-refractivity contribution in [2.45, 2.75) is 0 Å². The van der Waals surface area contributed by atoms with E-state index in [0.717, 1.165) is 24.3 Å². The summed E-state index contributed by atoms with van der Waals surface area (Å²) >= 11 is 0. The van der Waals surface area contributed by atoms with Gasteiger partial charge in [0, 0.05) is 0 Å². The molecule has 0 bridgehead atoms. The second-order valence-corrected chi connectivity index (χ2v) is 2.15. The summed E-state index contributed by atoms with van der Waals surface area (Å²) in [6, 6.07) is 4.61. The van der Waals surface area contributed by atoms with Crippen LogP contribution >= 0.6 is 0 Å². The Morgan fingerprint density at radius 2 is 1.07 bits per heavy atom. The maximum absolute atomic E-state index is 10.2. The summed E-state index contributed by atoms with van der Waals surface area (Å²) in [4.78, 5) is 20.4. The average Bonchev–Trinajstić information content (AvgIpc) is 2.04. The number of carbonyl (C=O) groups excluding carboxylic acids is 2. The topological polar surface area (TPSA) is 80.3 Å². The largest absolute Gasteiger partial charge is 1.00 e. The van der Waals surface area contributed by atoms with Crippen LogP contribution in [0.3, 0.4) is 0 Å². The molecule has 0 aromatic heterocycles. The molecule has 0 radical (unpaired) electrons. The maximum Gasteiger partial charge on any atom is 1.00 e. The van der Waals surface area contributed by atoms with E-state index < -0.39 is 11.9 Å². The summed E-state index contributed by atoms with van der Waals surface area (Å²) in [5, 5.41) is 20.4. The van der Waals surface area contributed by atoms with Gasteiger partial charge in [0.05, 0.1) is 11.9 Å². The van der Waals surface area contributed by atoms with E-state index in [0.29, 0.717) is 0 Å². The van der Waals surface area contributed by atoms with Crippen molar-refractivity contribution in [2.24, 2.45) is 0 Å². The molecule has 0 atom stereocenters. The predicted molar refractivity (Wildman–Crippen MR) is 35.1 cm³/mol. The normalized spacial score (nSPS) is 8.00. The Bertz CT molecular complexity index is 290. The van der Waals surface area contributed by atoms with E-state index in [2.05, 4.69) is 0 Å². The van der Waals surface area contributed by atoms with E-state index in [1.165, 1.54) is 0 Å². The number of rotatable bonds is 2. The minimum atomic E-state index is -1.33. The summed E-state index contributed by atoms with van der Waals surface area (Å²) in [5.41, 5.74) is -0.111. The first kappa shape index (κ1) is 17.2. The first-order chi connectivity index (χ1) is 5.61. The molecule has 0 unspecified atom stereocenters. The van der Waals surface area contributed by atoms with Gasteiger partial charge >= 0.3 is 80.9 Å². The van der Waals surface area contributed by atoms with Crippen LogP contribution in [-0.4, -0.2) is 11.9 Å². The molecule has 6 heteroatoms. The average molecular weight is 226 g/mol.